The summed E-state index contributed by atoms with van der Waals surface area (Å²) in [5.74, 6) is 0.650. The van der Waals surface area contributed by atoms with Crippen molar-refractivity contribution in [1.82, 2.24) is 14.9 Å². The van der Waals surface area contributed by atoms with E-state index in [9.17, 15) is 10.1 Å². The van der Waals surface area contributed by atoms with E-state index < -0.39 is 5.41 Å². The molecule has 5 nitrogen and oxygen atoms in total. The van der Waals surface area contributed by atoms with Crippen LogP contribution in [0.3, 0.4) is 0 Å². The zero-order chi connectivity index (χ0) is 15.6. The second-order valence-corrected chi connectivity index (χ2v) is 5.99. The summed E-state index contributed by atoms with van der Waals surface area (Å²) in [5, 5.41) is 9.32. The van der Waals surface area contributed by atoms with Crippen molar-refractivity contribution in [3.05, 3.63) is 42.2 Å². The van der Waals surface area contributed by atoms with Gasteiger partial charge in [-0.15, -0.1) is 0 Å². The molecule has 0 bridgehead atoms. The van der Waals surface area contributed by atoms with Gasteiger partial charge in [0.25, 0.3) is 5.91 Å². The average Bonchev–Trinajstić information content (AvgIpc) is 3.08. The number of benzene rings is 1. The molecule has 0 spiro atoms. The highest BCUT2D eigenvalue weighted by molar-refractivity contribution is 6.00. The quantitative estimate of drug-likeness (QED) is 0.925. The molecule has 1 unspecified atom stereocenters. The number of carbonyl (C=O) groups excluding carboxylic acids is 1. The predicted octanol–water partition coefficient (Wildman–Crippen LogP) is 2.84. The molecule has 2 heterocycles. The Morgan fingerprint density at radius 2 is 2.27 bits per heavy atom. The van der Waals surface area contributed by atoms with Crippen molar-refractivity contribution in [2.75, 3.05) is 13.1 Å². The molecule has 1 aliphatic heterocycles. The molecule has 1 N–H and O–H groups in total. The highest BCUT2D eigenvalue weighted by Gasteiger charge is 2.34. The van der Waals surface area contributed by atoms with E-state index in [0.717, 1.165) is 18.4 Å². The third kappa shape index (κ3) is 2.60. The number of nitriles is 1. The maximum absolute atomic E-state index is 12.9. The van der Waals surface area contributed by atoms with Gasteiger partial charge in [0.05, 0.1) is 17.0 Å². The molecule has 22 heavy (non-hydrogen) atoms. The van der Waals surface area contributed by atoms with Gasteiger partial charge in [-0.05, 0) is 25.8 Å². The van der Waals surface area contributed by atoms with E-state index in [1.54, 1.807) is 17.3 Å². The number of rotatable bonds is 2. The number of imidazole rings is 1. The van der Waals surface area contributed by atoms with Crippen molar-refractivity contribution < 1.29 is 4.79 Å². The van der Waals surface area contributed by atoms with Crippen LogP contribution >= 0.6 is 0 Å². The molecule has 0 radical (unpaired) electrons. The van der Waals surface area contributed by atoms with Gasteiger partial charge in [0.15, 0.2) is 0 Å². The minimum absolute atomic E-state index is 0.0341. The molecular weight excluding hydrogens is 276 g/mol. The minimum atomic E-state index is -0.451. The molecule has 1 atom stereocenters. The summed E-state index contributed by atoms with van der Waals surface area (Å²) in [6.07, 6.45) is 5.11. The first-order chi connectivity index (χ1) is 10.6. The predicted molar refractivity (Wildman–Crippen MR) is 82.9 cm³/mol. The van der Waals surface area contributed by atoms with Crippen molar-refractivity contribution in [3.8, 4) is 17.5 Å². The van der Waals surface area contributed by atoms with Crippen molar-refractivity contribution in [3.63, 3.8) is 0 Å². The normalized spacial score (nSPS) is 21.4. The number of hydrogen-bond acceptors (Lipinski definition) is 3. The SMILES string of the molecule is CC1(C#N)CCCN(C(=O)c2ccccc2-c2ncc[nH]2)C1. The number of likely N-dealkylation sites (tertiary alicyclic amines) is 1. The van der Waals surface area contributed by atoms with Crippen molar-refractivity contribution in [1.29, 1.82) is 5.26 Å². The molecule has 5 heteroatoms. The number of hydrogen-bond donors (Lipinski definition) is 1. The summed E-state index contributed by atoms with van der Waals surface area (Å²) in [6.45, 7) is 3.10. The lowest BCUT2D eigenvalue weighted by Crippen LogP contribution is -2.44. The van der Waals surface area contributed by atoms with Crippen LogP contribution in [0.4, 0.5) is 0 Å². The number of nitrogens with zero attached hydrogens (tertiary/aromatic N) is 3. The number of aromatic nitrogens is 2. The highest BCUT2D eigenvalue weighted by Crippen LogP contribution is 2.30. The second-order valence-electron chi connectivity index (χ2n) is 5.99. The Labute approximate surface area is 129 Å². The van der Waals surface area contributed by atoms with E-state index in [1.807, 2.05) is 31.2 Å². The Balaban J connectivity index is 1.92. The summed E-state index contributed by atoms with van der Waals surface area (Å²) in [5.41, 5.74) is 0.967. The van der Waals surface area contributed by atoms with Gasteiger partial charge in [-0.25, -0.2) is 4.98 Å². The number of H-pyrrole nitrogens is 1. The Kier molecular flexibility index (Phi) is 3.68. The van der Waals surface area contributed by atoms with Crippen LogP contribution in [-0.4, -0.2) is 33.9 Å². The van der Waals surface area contributed by atoms with Gasteiger partial charge in [0.2, 0.25) is 0 Å². The van der Waals surface area contributed by atoms with Gasteiger partial charge in [-0.2, -0.15) is 5.26 Å². The molecule has 0 saturated carbocycles. The fourth-order valence-corrected chi connectivity index (χ4v) is 2.96. The van der Waals surface area contributed by atoms with E-state index in [2.05, 4.69) is 16.0 Å². The fourth-order valence-electron chi connectivity index (χ4n) is 2.96. The van der Waals surface area contributed by atoms with Crippen LogP contribution in [0.25, 0.3) is 11.4 Å². The third-order valence-corrected chi connectivity index (χ3v) is 4.16. The smallest absolute Gasteiger partial charge is 0.254 e. The number of piperidine rings is 1. The lowest BCUT2D eigenvalue weighted by atomic mass is 9.83. The molecule has 2 aromatic rings. The van der Waals surface area contributed by atoms with E-state index in [1.165, 1.54) is 0 Å². The Hall–Kier alpha value is -2.61. The molecule has 1 saturated heterocycles. The van der Waals surface area contributed by atoms with Crippen LogP contribution in [0.1, 0.15) is 30.1 Å². The first-order valence-electron chi connectivity index (χ1n) is 7.42. The third-order valence-electron chi connectivity index (χ3n) is 4.16. The topological polar surface area (TPSA) is 72.8 Å². The Morgan fingerprint density at radius 1 is 1.45 bits per heavy atom. The molecule has 1 fully saturated rings. The molecule has 1 aromatic heterocycles. The Bertz CT molecular complexity index is 717. The monoisotopic (exact) mass is 294 g/mol. The molecule has 1 aromatic carbocycles. The number of aromatic amines is 1. The lowest BCUT2D eigenvalue weighted by molar-refractivity contribution is 0.0631. The first kappa shape index (κ1) is 14.3. The summed E-state index contributed by atoms with van der Waals surface area (Å²) in [6, 6.07) is 9.80. The van der Waals surface area contributed by atoms with E-state index in [4.69, 9.17) is 0 Å². The van der Waals surface area contributed by atoms with Crippen molar-refractivity contribution >= 4 is 5.91 Å². The zero-order valence-corrected chi connectivity index (χ0v) is 12.5. The molecular formula is C17H18N4O. The van der Waals surface area contributed by atoms with Gasteiger partial charge in [0.1, 0.15) is 5.82 Å². The Morgan fingerprint density at radius 3 is 3.00 bits per heavy atom. The second kappa shape index (κ2) is 5.64. The summed E-state index contributed by atoms with van der Waals surface area (Å²) >= 11 is 0. The largest absolute Gasteiger partial charge is 0.345 e. The van der Waals surface area contributed by atoms with Gasteiger partial charge in [-0.3, -0.25) is 4.79 Å². The van der Waals surface area contributed by atoms with E-state index >= 15 is 0 Å². The summed E-state index contributed by atoms with van der Waals surface area (Å²) in [4.78, 5) is 22.0. The van der Waals surface area contributed by atoms with E-state index in [-0.39, 0.29) is 5.91 Å². The zero-order valence-electron chi connectivity index (χ0n) is 12.5. The highest BCUT2D eigenvalue weighted by atomic mass is 16.2. The van der Waals surface area contributed by atoms with Crippen LogP contribution in [0, 0.1) is 16.7 Å². The summed E-state index contributed by atoms with van der Waals surface area (Å²) in [7, 11) is 0. The van der Waals surface area contributed by atoms with Crippen LogP contribution in [0.5, 0.6) is 0 Å². The molecule has 1 amide bonds. The van der Waals surface area contributed by atoms with Gasteiger partial charge in [-0.1, -0.05) is 18.2 Å². The van der Waals surface area contributed by atoms with Crippen LogP contribution in [0.2, 0.25) is 0 Å². The van der Waals surface area contributed by atoms with E-state index in [0.29, 0.717) is 24.5 Å². The van der Waals surface area contributed by atoms with Crippen LogP contribution in [-0.2, 0) is 0 Å². The lowest BCUT2D eigenvalue weighted by Gasteiger charge is -2.36. The molecule has 1 aliphatic rings. The van der Waals surface area contributed by atoms with Gasteiger partial charge >= 0.3 is 0 Å². The fraction of sp³-hybridized carbons (Fsp3) is 0.353. The standard InChI is InChI=1S/C17H18N4O/c1-17(11-18)7-4-10-21(12-17)16(22)14-6-3-2-5-13(14)15-19-8-9-20-15/h2-3,5-6,8-9H,4,7,10,12H2,1H3,(H,19,20). The number of carbonyl (C=O) groups is 1. The number of amides is 1. The molecule has 0 aliphatic carbocycles. The van der Waals surface area contributed by atoms with Gasteiger partial charge < -0.3 is 9.88 Å². The summed E-state index contributed by atoms with van der Waals surface area (Å²) < 4.78 is 0. The first-order valence-corrected chi connectivity index (χ1v) is 7.42. The van der Waals surface area contributed by atoms with Crippen molar-refractivity contribution in [2.24, 2.45) is 5.41 Å². The minimum Gasteiger partial charge on any atom is -0.345 e. The molecule has 3 rings (SSSR count). The number of nitrogens with one attached hydrogen (secondary N) is 1. The van der Waals surface area contributed by atoms with Crippen LogP contribution < -0.4 is 0 Å². The maximum Gasteiger partial charge on any atom is 0.254 e. The van der Waals surface area contributed by atoms with Gasteiger partial charge in [0, 0.05) is 31.0 Å². The average molecular weight is 294 g/mol. The van der Waals surface area contributed by atoms with Crippen LogP contribution in [0.15, 0.2) is 36.7 Å². The molecule has 112 valence electrons. The van der Waals surface area contributed by atoms with Crippen molar-refractivity contribution in [2.45, 2.75) is 19.8 Å². The maximum atomic E-state index is 12.9.